The third-order valence-corrected chi connectivity index (χ3v) is 6.35. The van der Waals surface area contributed by atoms with E-state index in [1.54, 1.807) is 11.3 Å². The lowest BCUT2D eigenvalue weighted by Gasteiger charge is -2.29. The van der Waals surface area contributed by atoms with Gasteiger partial charge in [0.25, 0.3) is 0 Å². The van der Waals surface area contributed by atoms with E-state index in [9.17, 15) is 4.79 Å². The molecule has 29 heavy (non-hydrogen) atoms. The summed E-state index contributed by atoms with van der Waals surface area (Å²) in [4.78, 5) is 16.5. The van der Waals surface area contributed by atoms with Crippen molar-refractivity contribution in [1.82, 2.24) is 4.90 Å². The number of ketones is 1. The minimum Gasteiger partial charge on any atom is -0.478 e. The summed E-state index contributed by atoms with van der Waals surface area (Å²) in [5.74, 6) is 1.76. The molecule has 0 aliphatic carbocycles. The zero-order valence-electron chi connectivity index (χ0n) is 16.2. The number of carbonyl (C=O) groups excluding carboxylic acids is 1. The highest BCUT2D eigenvalue weighted by atomic mass is 32.1. The van der Waals surface area contributed by atoms with E-state index in [0.717, 1.165) is 42.0 Å². The van der Waals surface area contributed by atoms with Crippen molar-refractivity contribution in [1.29, 1.82) is 0 Å². The summed E-state index contributed by atoms with van der Waals surface area (Å²) in [7, 11) is 0. The van der Waals surface area contributed by atoms with Gasteiger partial charge in [0.2, 0.25) is 5.78 Å². The maximum atomic E-state index is 12.9. The normalized spacial score (nSPS) is 17.0. The molecule has 3 aromatic rings. The molecule has 3 heterocycles. The number of fused-ring (bicyclic) bond motifs is 3. The molecule has 1 aromatic heterocycles. The number of carbonyl (C=O) groups is 1. The van der Waals surface area contributed by atoms with Crippen LogP contribution in [0.25, 0.3) is 6.08 Å². The number of Topliss-reactive ketones (excluding diaryl/α,β-unsaturated/α-hetero) is 1. The number of hydrogen-bond acceptors (Lipinski definition) is 5. The number of thiophene rings is 1. The zero-order chi connectivity index (χ0) is 19.8. The molecule has 0 saturated heterocycles. The highest BCUT2D eigenvalue weighted by Gasteiger charge is 2.33. The molecule has 0 bridgehead atoms. The second-order valence-electron chi connectivity index (χ2n) is 7.37. The molecule has 2 aliphatic rings. The van der Waals surface area contributed by atoms with Crippen LogP contribution < -0.4 is 9.47 Å². The minimum atomic E-state index is -0.0678. The van der Waals surface area contributed by atoms with Crippen molar-refractivity contribution < 1.29 is 14.3 Å². The molecular formula is C24H21NO3S. The summed E-state index contributed by atoms with van der Waals surface area (Å²) in [5.41, 5.74) is 3.68. The number of nitrogens with zero attached hydrogens (tertiary/aromatic N) is 1. The summed E-state index contributed by atoms with van der Waals surface area (Å²) in [6, 6.07) is 15.9. The molecule has 0 N–H and O–H groups in total. The van der Waals surface area contributed by atoms with Crippen LogP contribution in [-0.2, 0) is 13.0 Å². The van der Waals surface area contributed by atoms with Crippen LogP contribution in [0.3, 0.4) is 0 Å². The fraction of sp³-hybridized carbons (Fsp3) is 0.208. The first-order valence-electron chi connectivity index (χ1n) is 9.72. The van der Waals surface area contributed by atoms with Crippen molar-refractivity contribution >= 4 is 23.2 Å². The van der Waals surface area contributed by atoms with Crippen molar-refractivity contribution in [3.8, 4) is 11.5 Å². The van der Waals surface area contributed by atoms with Crippen molar-refractivity contribution in [2.75, 3.05) is 13.3 Å². The van der Waals surface area contributed by atoms with Crippen LogP contribution in [-0.4, -0.2) is 24.0 Å². The summed E-state index contributed by atoms with van der Waals surface area (Å²) >= 11 is 1.78. The molecule has 0 radical (unpaired) electrons. The Morgan fingerprint density at radius 1 is 1.14 bits per heavy atom. The average Bonchev–Trinajstić information content (AvgIpc) is 3.37. The molecule has 4 nitrogen and oxygen atoms in total. The molecule has 0 amide bonds. The van der Waals surface area contributed by atoms with Gasteiger partial charge in [0.15, 0.2) is 5.76 Å². The predicted octanol–water partition coefficient (Wildman–Crippen LogP) is 5.07. The van der Waals surface area contributed by atoms with E-state index in [1.807, 2.05) is 49.4 Å². The number of hydrogen-bond donors (Lipinski definition) is 0. The second kappa shape index (κ2) is 7.50. The highest BCUT2D eigenvalue weighted by Crippen LogP contribution is 2.42. The molecular weight excluding hydrogens is 382 g/mol. The quantitative estimate of drug-likeness (QED) is 0.570. The molecule has 5 heteroatoms. The van der Waals surface area contributed by atoms with E-state index in [0.29, 0.717) is 23.8 Å². The van der Waals surface area contributed by atoms with Gasteiger partial charge in [-0.25, -0.2) is 0 Å². The molecule has 2 aliphatic heterocycles. The van der Waals surface area contributed by atoms with E-state index < -0.39 is 0 Å². The summed E-state index contributed by atoms with van der Waals surface area (Å²) in [6.07, 6.45) is 2.83. The van der Waals surface area contributed by atoms with Crippen LogP contribution >= 0.6 is 11.3 Å². The maximum absolute atomic E-state index is 12.9. The van der Waals surface area contributed by atoms with Gasteiger partial charge in [0.1, 0.15) is 18.2 Å². The third-order valence-electron chi connectivity index (χ3n) is 5.41. The molecule has 146 valence electrons. The second-order valence-corrected chi connectivity index (χ2v) is 8.40. The zero-order valence-corrected chi connectivity index (χ0v) is 17.0. The van der Waals surface area contributed by atoms with Crippen molar-refractivity contribution in [2.24, 2.45) is 0 Å². The topological polar surface area (TPSA) is 38.8 Å². The average molecular weight is 404 g/mol. The first-order valence-corrected chi connectivity index (χ1v) is 10.6. The van der Waals surface area contributed by atoms with Crippen LogP contribution in [0, 0.1) is 6.92 Å². The first kappa shape index (κ1) is 18.2. The van der Waals surface area contributed by atoms with E-state index >= 15 is 0 Å². The lowest BCUT2D eigenvalue weighted by atomic mass is 10.0. The van der Waals surface area contributed by atoms with Gasteiger partial charge < -0.3 is 9.47 Å². The van der Waals surface area contributed by atoms with Crippen LogP contribution in [0.2, 0.25) is 0 Å². The Kier molecular flexibility index (Phi) is 4.70. The monoisotopic (exact) mass is 403 g/mol. The lowest BCUT2D eigenvalue weighted by molar-refractivity contribution is 0.0951. The Morgan fingerprint density at radius 2 is 2.03 bits per heavy atom. The minimum absolute atomic E-state index is 0.0678. The van der Waals surface area contributed by atoms with Gasteiger partial charge in [-0.2, -0.15) is 0 Å². The molecule has 2 aromatic carbocycles. The first-order chi connectivity index (χ1) is 14.2. The van der Waals surface area contributed by atoms with Crippen LogP contribution in [0.5, 0.6) is 11.5 Å². The van der Waals surface area contributed by atoms with Crippen LogP contribution in [0.15, 0.2) is 59.7 Å². The van der Waals surface area contributed by atoms with Crippen molar-refractivity contribution in [3.63, 3.8) is 0 Å². The van der Waals surface area contributed by atoms with Gasteiger partial charge in [0.05, 0.1) is 11.1 Å². The SMILES string of the molecule is Cc1ccccc1/C=C1\Oc2c(ccc3c2CN(CCc2cccs2)CO3)C1=O. The fourth-order valence-electron chi connectivity index (χ4n) is 3.76. The number of rotatable bonds is 4. The summed E-state index contributed by atoms with van der Waals surface area (Å²) in [5, 5.41) is 2.10. The van der Waals surface area contributed by atoms with Crippen molar-refractivity contribution in [2.45, 2.75) is 19.9 Å². The standard InChI is InChI=1S/C24H21NO3S/c1-16-5-2-3-6-17(16)13-22-23(26)19-8-9-21-20(24(19)28-22)14-25(15-27-21)11-10-18-7-4-12-29-18/h2-9,12-13H,10-11,14-15H2,1H3/b22-13-. The molecule has 0 spiro atoms. The molecule has 0 atom stereocenters. The van der Waals surface area contributed by atoms with E-state index in [-0.39, 0.29) is 5.78 Å². The van der Waals surface area contributed by atoms with Crippen LogP contribution in [0.4, 0.5) is 0 Å². The Labute approximate surface area is 174 Å². The van der Waals surface area contributed by atoms with Gasteiger partial charge in [-0.15, -0.1) is 11.3 Å². The molecule has 0 saturated carbocycles. The van der Waals surface area contributed by atoms with Gasteiger partial charge in [0, 0.05) is 18.0 Å². The predicted molar refractivity (Wildman–Crippen MR) is 114 cm³/mol. The van der Waals surface area contributed by atoms with Gasteiger partial charge in [-0.1, -0.05) is 30.3 Å². The molecule has 0 fully saturated rings. The fourth-order valence-corrected chi connectivity index (χ4v) is 4.46. The van der Waals surface area contributed by atoms with Gasteiger partial charge in [-0.3, -0.25) is 9.69 Å². The maximum Gasteiger partial charge on any atom is 0.231 e. The number of aryl methyl sites for hydroxylation is 1. The Hall–Kier alpha value is -2.89. The highest BCUT2D eigenvalue weighted by molar-refractivity contribution is 7.09. The smallest absolute Gasteiger partial charge is 0.231 e. The van der Waals surface area contributed by atoms with E-state index in [1.165, 1.54) is 4.88 Å². The molecule has 5 rings (SSSR count). The van der Waals surface area contributed by atoms with Crippen LogP contribution in [0.1, 0.15) is 31.9 Å². The summed E-state index contributed by atoms with van der Waals surface area (Å²) < 4.78 is 12.0. The third kappa shape index (κ3) is 3.48. The van der Waals surface area contributed by atoms with Gasteiger partial charge in [-0.05, 0) is 54.1 Å². The Bertz CT molecular complexity index is 1100. The Balaban J connectivity index is 1.40. The number of allylic oxidation sites excluding steroid dienone is 1. The number of ether oxygens (including phenoxy) is 2. The summed E-state index contributed by atoms with van der Waals surface area (Å²) in [6.45, 7) is 4.20. The number of benzene rings is 2. The largest absolute Gasteiger partial charge is 0.478 e. The van der Waals surface area contributed by atoms with E-state index in [4.69, 9.17) is 9.47 Å². The van der Waals surface area contributed by atoms with E-state index in [2.05, 4.69) is 22.4 Å². The lowest BCUT2D eigenvalue weighted by Crippen LogP contribution is -2.33. The van der Waals surface area contributed by atoms with Gasteiger partial charge >= 0.3 is 0 Å². The Morgan fingerprint density at radius 3 is 2.86 bits per heavy atom. The molecule has 0 unspecified atom stereocenters. The van der Waals surface area contributed by atoms with Crippen molar-refractivity contribution in [3.05, 3.63) is 86.8 Å².